The summed E-state index contributed by atoms with van der Waals surface area (Å²) in [6.45, 7) is 2.77. The molecule has 0 amide bonds. The molecule has 1 fully saturated rings. The van der Waals surface area contributed by atoms with Gasteiger partial charge in [-0.15, -0.1) is 0 Å². The number of imidazole rings is 1. The molecule has 9 nitrogen and oxygen atoms in total. The van der Waals surface area contributed by atoms with Gasteiger partial charge in [-0.25, -0.2) is 27.8 Å². The average Bonchev–Trinajstić information content (AvgIpc) is 3.13. The molecule has 1 aliphatic rings. The van der Waals surface area contributed by atoms with Gasteiger partial charge in [0.15, 0.2) is 16.7 Å². The maximum absolute atomic E-state index is 15.2. The summed E-state index contributed by atoms with van der Waals surface area (Å²) in [7, 11) is -0.391. The van der Waals surface area contributed by atoms with E-state index in [1.54, 1.807) is 54.8 Å². The predicted octanol–water partition coefficient (Wildman–Crippen LogP) is 1.84. The van der Waals surface area contributed by atoms with Crippen molar-refractivity contribution in [3.8, 4) is 17.0 Å². The molecule has 31 heavy (non-hydrogen) atoms. The standard InChI is InChI=1S/C20H23FN6O3S/c1-14-24-17(12-25(14)2)31(28,29)27-10-8-26(9-11-27)20-18(21)19(22-13-23-20)15-4-6-16(30-3)7-5-15/h4-7,12-13H,8-11H2,1-3H3. The van der Waals surface area contributed by atoms with Crippen molar-refractivity contribution in [2.24, 2.45) is 7.05 Å². The van der Waals surface area contributed by atoms with Crippen LogP contribution in [-0.2, 0) is 17.1 Å². The molecule has 11 heteroatoms. The maximum Gasteiger partial charge on any atom is 0.262 e. The first kappa shape index (κ1) is 21.2. The van der Waals surface area contributed by atoms with E-state index in [0.717, 1.165) is 0 Å². The number of aromatic nitrogens is 4. The quantitative estimate of drug-likeness (QED) is 0.590. The molecule has 0 bridgehead atoms. The molecule has 1 aliphatic heterocycles. The van der Waals surface area contributed by atoms with Crippen LogP contribution in [-0.4, -0.2) is 65.5 Å². The molecule has 4 rings (SSSR count). The monoisotopic (exact) mass is 446 g/mol. The predicted molar refractivity (Wildman–Crippen MR) is 113 cm³/mol. The molecule has 3 heterocycles. The Morgan fingerprint density at radius 3 is 2.32 bits per heavy atom. The van der Waals surface area contributed by atoms with E-state index in [1.807, 2.05) is 0 Å². The van der Waals surface area contributed by atoms with Crippen LogP contribution in [0.15, 0.2) is 41.8 Å². The number of benzene rings is 1. The van der Waals surface area contributed by atoms with E-state index in [4.69, 9.17) is 4.74 Å². The number of rotatable bonds is 5. The lowest BCUT2D eigenvalue weighted by molar-refractivity contribution is 0.380. The Balaban J connectivity index is 1.52. The van der Waals surface area contributed by atoms with Gasteiger partial charge in [-0.2, -0.15) is 4.31 Å². The minimum absolute atomic E-state index is 0.0240. The third-order valence-corrected chi connectivity index (χ3v) is 7.13. The summed E-state index contributed by atoms with van der Waals surface area (Å²) in [6, 6.07) is 6.93. The number of anilines is 1. The van der Waals surface area contributed by atoms with Crippen LogP contribution in [0.25, 0.3) is 11.3 Å². The molecule has 2 aromatic heterocycles. The maximum atomic E-state index is 15.2. The van der Waals surface area contributed by atoms with Gasteiger partial charge in [-0.05, 0) is 31.2 Å². The Bertz CT molecular complexity index is 1170. The normalized spacial score (nSPS) is 15.3. The highest BCUT2D eigenvalue weighted by Crippen LogP contribution is 2.28. The zero-order valence-electron chi connectivity index (χ0n) is 17.5. The van der Waals surface area contributed by atoms with Crippen molar-refractivity contribution in [1.82, 2.24) is 23.8 Å². The van der Waals surface area contributed by atoms with Crippen LogP contribution in [0.1, 0.15) is 5.82 Å². The fraction of sp³-hybridized carbons (Fsp3) is 0.350. The van der Waals surface area contributed by atoms with Crippen LogP contribution in [0.2, 0.25) is 0 Å². The van der Waals surface area contributed by atoms with Crippen molar-refractivity contribution in [3.63, 3.8) is 0 Å². The molecule has 0 saturated carbocycles. The third-order valence-electron chi connectivity index (χ3n) is 5.36. The molecule has 0 unspecified atom stereocenters. The number of aryl methyl sites for hydroxylation is 2. The Kier molecular flexibility index (Phi) is 5.63. The fourth-order valence-corrected chi connectivity index (χ4v) is 4.90. The van der Waals surface area contributed by atoms with Crippen LogP contribution in [0.3, 0.4) is 0 Å². The molecule has 1 saturated heterocycles. The van der Waals surface area contributed by atoms with Crippen LogP contribution >= 0.6 is 0 Å². The summed E-state index contributed by atoms with van der Waals surface area (Å²) in [5.74, 6) is 0.904. The van der Waals surface area contributed by atoms with E-state index >= 15 is 4.39 Å². The highest BCUT2D eigenvalue weighted by molar-refractivity contribution is 7.89. The van der Waals surface area contributed by atoms with Gasteiger partial charge in [-0.1, -0.05) is 0 Å². The third kappa shape index (κ3) is 3.98. The van der Waals surface area contributed by atoms with E-state index in [-0.39, 0.29) is 29.6 Å². The second kappa shape index (κ2) is 8.23. The van der Waals surface area contributed by atoms with Crippen LogP contribution in [0.4, 0.5) is 10.2 Å². The van der Waals surface area contributed by atoms with Crippen molar-refractivity contribution in [2.75, 3.05) is 38.2 Å². The molecule has 164 valence electrons. The number of hydrogen-bond acceptors (Lipinski definition) is 7. The second-order valence-electron chi connectivity index (χ2n) is 7.22. The first-order chi connectivity index (χ1) is 14.8. The smallest absolute Gasteiger partial charge is 0.262 e. The molecule has 0 aliphatic carbocycles. The molecule has 0 atom stereocenters. The van der Waals surface area contributed by atoms with Gasteiger partial charge in [0, 0.05) is 45.0 Å². The average molecular weight is 447 g/mol. The molecule has 0 radical (unpaired) electrons. The Labute approximate surface area is 180 Å². The molecular weight excluding hydrogens is 423 g/mol. The number of methoxy groups -OCH3 is 1. The van der Waals surface area contributed by atoms with E-state index in [2.05, 4.69) is 15.0 Å². The van der Waals surface area contributed by atoms with E-state index < -0.39 is 15.8 Å². The Morgan fingerprint density at radius 1 is 1.06 bits per heavy atom. The SMILES string of the molecule is COc1ccc(-c2ncnc(N3CCN(S(=O)(=O)c4cn(C)c(C)n4)CC3)c2F)cc1. The van der Waals surface area contributed by atoms with Crippen molar-refractivity contribution in [1.29, 1.82) is 0 Å². The lowest BCUT2D eigenvalue weighted by Crippen LogP contribution is -2.49. The van der Waals surface area contributed by atoms with Crippen molar-refractivity contribution >= 4 is 15.8 Å². The summed E-state index contributed by atoms with van der Waals surface area (Å²) in [4.78, 5) is 14.1. The highest BCUT2D eigenvalue weighted by atomic mass is 32.2. The number of hydrogen-bond donors (Lipinski definition) is 0. The van der Waals surface area contributed by atoms with E-state index in [1.165, 1.54) is 16.8 Å². The van der Waals surface area contributed by atoms with Crippen molar-refractivity contribution in [3.05, 3.63) is 48.4 Å². The van der Waals surface area contributed by atoms with Crippen LogP contribution < -0.4 is 9.64 Å². The van der Waals surface area contributed by atoms with Gasteiger partial charge in [0.05, 0.1) is 7.11 Å². The molecule has 0 N–H and O–H groups in total. The summed E-state index contributed by atoms with van der Waals surface area (Å²) >= 11 is 0. The minimum Gasteiger partial charge on any atom is -0.497 e. The molecule has 1 aromatic carbocycles. The highest BCUT2D eigenvalue weighted by Gasteiger charge is 2.32. The van der Waals surface area contributed by atoms with Gasteiger partial charge in [-0.3, -0.25) is 0 Å². The van der Waals surface area contributed by atoms with Crippen molar-refractivity contribution in [2.45, 2.75) is 11.9 Å². The largest absolute Gasteiger partial charge is 0.497 e. The minimum atomic E-state index is -3.70. The molecule has 0 spiro atoms. The molecular formula is C20H23FN6O3S. The summed E-state index contributed by atoms with van der Waals surface area (Å²) < 4.78 is 49.2. The lowest BCUT2D eigenvalue weighted by atomic mass is 10.1. The van der Waals surface area contributed by atoms with Gasteiger partial charge in [0.1, 0.15) is 23.6 Å². The topological polar surface area (TPSA) is 93.5 Å². The number of halogens is 1. The molecule has 3 aromatic rings. The first-order valence-electron chi connectivity index (χ1n) is 9.71. The van der Waals surface area contributed by atoms with Gasteiger partial charge in [0.25, 0.3) is 10.0 Å². The summed E-state index contributed by atoms with van der Waals surface area (Å²) in [5.41, 5.74) is 0.792. The van der Waals surface area contributed by atoms with Crippen LogP contribution in [0, 0.1) is 12.7 Å². The van der Waals surface area contributed by atoms with E-state index in [0.29, 0.717) is 30.2 Å². The first-order valence-corrected chi connectivity index (χ1v) is 11.1. The summed E-state index contributed by atoms with van der Waals surface area (Å²) in [5, 5.41) is 0.0240. The number of piperazine rings is 1. The number of ether oxygens (including phenoxy) is 1. The van der Waals surface area contributed by atoms with E-state index in [9.17, 15) is 8.42 Å². The number of sulfonamides is 1. The van der Waals surface area contributed by atoms with Gasteiger partial charge in [0.2, 0.25) is 0 Å². The van der Waals surface area contributed by atoms with Gasteiger partial charge < -0.3 is 14.2 Å². The summed E-state index contributed by atoms with van der Waals surface area (Å²) in [6.07, 6.45) is 2.82. The van der Waals surface area contributed by atoms with Gasteiger partial charge >= 0.3 is 0 Å². The lowest BCUT2D eigenvalue weighted by Gasteiger charge is -2.34. The van der Waals surface area contributed by atoms with Crippen molar-refractivity contribution < 1.29 is 17.5 Å². The Hall–Kier alpha value is -3.05. The number of nitrogens with zero attached hydrogens (tertiary/aromatic N) is 6. The fourth-order valence-electron chi connectivity index (χ4n) is 3.45. The Morgan fingerprint density at radius 2 is 1.74 bits per heavy atom. The van der Waals surface area contributed by atoms with Crippen LogP contribution in [0.5, 0.6) is 5.75 Å². The zero-order valence-corrected chi connectivity index (χ0v) is 18.3. The second-order valence-corrected chi connectivity index (χ2v) is 9.10. The zero-order chi connectivity index (χ0) is 22.2.